The van der Waals surface area contributed by atoms with Crippen molar-refractivity contribution in [3.8, 4) is 0 Å². The molecular formula is C13H26N4O2S. The summed E-state index contributed by atoms with van der Waals surface area (Å²) in [6, 6.07) is 1.86. The van der Waals surface area contributed by atoms with E-state index in [1.807, 2.05) is 44.5 Å². The lowest BCUT2D eigenvalue weighted by atomic mass is 10.3. The number of nitrogens with one attached hydrogen (secondary N) is 2. The lowest BCUT2D eigenvalue weighted by Gasteiger charge is -2.19. The number of aryl methyl sites for hydroxylation is 1. The second-order valence-electron chi connectivity index (χ2n) is 5.22. The smallest absolute Gasteiger partial charge is 0.242 e. The van der Waals surface area contributed by atoms with Gasteiger partial charge < -0.3 is 14.8 Å². The Labute approximate surface area is 122 Å². The molecule has 0 amide bonds. The topological polar surface area (TPSA) is 66.4 Å². The summed E-state index contributed by atoms with van der Waals surface area (Å²) < 4.78 is 29.0. The van der Waals surface area contributed by atoms with Gasteiger partial charge in [-0.25, -0.2) is 13.1 Å². The predicted molar refractivity (Wildman–Crippen MR) is 81.1 cm³/mol. The van der Waals surface area contributed by atoms with E-state index in [1.54, 1.807) is 12.3 Å². The molecule has 116 valence electrons. The number of hydrogen-bond acceptors (Lipinski definition) is 4. The lowest BCUT2D eigenvalue weighted by molar-refractivity contribution is 0.314. The molecule has 0 saturated heterocycles. The van der Waals surface area contributed by atoms with Crippen LogP contribution in [0.5, 0.6) is 0 Å². The second-order valence-corrected chi connectivity index (χ2v) is 6.99. The van der Waals surface area contributed by atoms with Crippen LogP contribution in [0.15, 0.2) is 17.2 Å². The first-order valence-corrected chi connectivity index (χ1v) is 8.28. The van der Waals surface area contributed by atoms with Gasteiger partial charge in [0.05, 0.1) is 4.90 Å². The minimum atomic E-state index is -3.44. The molecule has 0 saturated carbocycles. The highest BCUT2D eigenvalue weighted by Gasteiger charge is 2.18. The molecule has 0 aromatic carbocycles. The molecule has 0 bridgehead atoms. The zero-order valence-corrected chi connectivity index (χ0v) is 13.8. The molecule has 1 aromatic heterocycles. The third-order valence-corrected chi connectivity index (χ3v) is 4.79. The highest BCUT2D eigenvalue weighted by molar-refractivity contribution is 7.89. The average molecular weight is 302 g/mol. The van der Waals surface area contributed by atoms with E-state index in [2.05, 4.69) is 10.0 Å². The molecule has 0 radical (unpaired) electrons. The minimum absolute atomic E-state index is 0.148. The van der Waals surface area contributed by atoms with Gasteiger partial charge in [0.2, 0.25) is 10.0 Å². The van der Waals surface area contributed by atoms with Gasteiger partial charge in [-0.15, -0.1) is 0 Å². The van der Waals surface area contributed by atoms with Crippen molar-refractivity contribution in [2.24, 2.45) is 7.05 Å². The van der Waals surface area contributed by atoms with Gasteiger partial charge in [-0.05, 0) is 33.6 Å². The molecule has 7 heteroatoms. The standard InChI is InChI=1S/C13H26N4O2S/c1-6-14-9-12-7-13(10-17(12)5)20(18,19)15-8-11(2)16(3)4/h7,10-11,14-15H,6,8-9H2,1-5H3. The van der Waals surface area contributed by atoms with Gasteiger partial charge in [0, 0.05) is 38.1 Å². The van der Waals surface area contributed by atoms with E-state index in [9.17, 15) is 8.42 Å². The molecule has 0 aliphatic rings. The van der Waals surface area contributed by atoms with Crippen molar-refractivity contribution >= 4 is 10.0 Å². The molecular weight excluding hydrogens is 276 g/mol. The summed E-state index contributed by atoms with van der Waals surface area (Å²) >= 11 is 0. The second kappa shape index (κ2) is 7.21. The van der Waals surface area contributed by atoms with Crippen LogP contribution in [0, 0.1) is 0 Å². The van der Waals surface area contributed by atoms with Gasteiger partial charge in [-0.1, -0.05) is 6.92 Å². The van der Waals surface area contributed by atoms with Crippen LogP contribution in [-0.2, 0) is 23.6 Å². The Morgan fingerprint density at radius 1 is 1.40 bits per heavy atom. The third-order valence-electron chi connectivity index (χ3n) is 3.40. The van der Waals surface area contributed by atoms with E-state index in [4.69, 9.17) is 0 Å². The van der Waals surface area contributed by atoms with Gasteiger partial charge in [-0.2, -0.15) is 0 Å². The summed E-state index contributed by atoms with van der Waals surface area (Å²) in [5.74, 6) is 0. The van der Waals surface area contributed by atoms with Crippen molar-refractivity contribution in [3.63, 3.8) is 0 Å². The van der Waals surface area contributed by atoms with Crippen LogP contribution in [0.2, 0.25) is 0 Å². The van der Waals surface area contributed by atoms with Crippen LogP contribution in [0.25, 0.3) is 0 Å². The zero-order chi connectivity index (χ0) is 15.3. The monoisotopic (exact) mass is 302 g/mol. The Morgan fingerprint density at radius 2 is 2.05 bits per heavy atom. The van der Waals surface area contributed by atoms with Crippen LogP contribution in [0.4, 0.5) is 0 Å². The maximum absolute atomic E-state index is 12.2. The molecule has 1 rings (SSSR count). The number of likely N-dealkylation sites (N-methyl/N-ethyl adjacent to an activating group) is 1. The van der Waals surface area contributed by atoms with Crippen LogP contribution >= 0.6 is 0 Å². The number of sulfonamides is 1. The van der Waals surface area contributed by atoms with Crippen LogP contribution in [0.1, 0.15) is 19.5 Å². The average Bonchev–Trinajstić information content (AvgIpc) is 2.75. The molecule has 1 aromatic rings. The lowest BCUT2D eigenvalue weighted by Crippen LogP contribution is -2.38. The summed E-state index contributed by atoms with van der Waals surface area (Å²) in [6.07, 6.45) is 1.65. The molecule has 2 N–H and O–H groups in total. The van der Waals surface area contributed by atoms with Crippen molar-refractivity contribution in [2.45, 2.75) is 31.3 Å². The van der Waals surface area contributed by atoms with Crippen LogP contribution in [-0.4, -0.2) is 51.1 Å². The first kappa shape index (κ1) is 17.2. The molecule has 1 unspecified atom stereocenters. The zero-order valence-electron chi connectivity index (χ0n) is 13.0. The Bertz CT molecular complexity index is 522. The minimum Gasteiger partial charge on any atom is -0.352 e. The van der Waals surface area contributed by atoms with Gasteiger partial charge in [0.15, 0.2) is 0 Å². The van der Waals surface area contributed by atoms with Crippen molar-refractivity contribution in [3.05, 3.63) is 18.0 Å². The molecule has 0 aliphatic carbocycles. The summed E-state index contributed by atoms with van der Waals surface area (Å²) in [7, 11) is 2.27. The van der Waals surface area contributed by atoms with Crippen molar-refractivity contribution in [1.29, 1.82) is 0 Å². The van der Waals surface area contributed by atoms with Crippen molar-refractivity contribution in [1.82, 2.24) is 19.5 Å². The van der Waals surface area contributed by atoms with Crippen LogP contribution in [0.3, 0.4) is 0 Å². The first-order valence-electron chi connectivity index (χ1n) is 6.80. The third kappa shape index (κ3) is 4.59. The summed E-state index contributed by atoms with van der Waals surface area (Å²) in [6.45, 7) is 5.91. The van der Waals surface area contributed by atoms with Crippen molar-refractivity contribution in [2.75, 3.05) is 27.2 Å². The number of aromatic nitrogens is 1. The fraction of sp³-hybridized carbons (Fsp3) is 0.692. The van der Waals surface area contributed by atoms with E-state index in [-0.39, 0.29) is 6.04 Å². The summed E-state index contributed by atoms with van der Waals surface area (Å²) in [5.41, 5.74) is 0.952. The number of hydrogen-bond donors (Lipinski definition) is 2. The fourth-order valence-corrected chi connectivity index (χ4v) is 2.86. The van der Waals surface area contributed by atoms with Crippen molar-refractivity contribution < 1.29 is 8.42 Å². The largest absolute Gasteiger partial charge is 0.352 e. The Hall–Kier alpha value is -0.890. The highest BCUT2D eigenvalue weighted by atomic mass is 32.2. The van der Waals surface area contributed by atoms with Gasteiger partial charge >= 0.3 is 0 Å². The van der Waals surface area contributed by atoms with Gasteiger partial charge in [0.1, 0.15) is 0 Å². The fourth-order valence-electron chi connectivity index (χ4n) is 1.65. The molecule has 1 heterocycles. The normalized spacial score (nSPS) is 13.9. The summed E-state index contributed by atoms with van der Waals surface area (Å²) in [4.78, 5) is 2.29. The molecule has 0 aliphatic heterocycles. The number of nitrogens with zero attached hydrogens (tertiary/aromatic N) is 2. The van der Waals surface area contributed by atoms with E-state index >= 15 is 0 Å². The SMILES string of the molecule is CCNCc1cc(S(=O)(=O)NCC(C)N(C)C)cn1C. The predicted octanol–water partition coefficient (Wildman–Crippen LogP) is 0.363. The maximum Gasteiger partial charge on any atom is 0.242 e. The Balaban J connectivity index is 2.77. The van der Waals surface area contributed by atoms with E-state index in [0.29, 0.717) is 18.0 Å². The highest BCUT2D eigenvalue weighted by Crippen LogP contribution is 2.13. The molecule has 0 fully saturated rings. The van der Waals surface area contributed by atoms with E-state index < -0.39 is 10.0 Å². The molecule has 0 spiro atoms. The summed E-state index contributed by atoms with van der Waals surface area (Å²) in [5, 5.41) is 3.19. The quantitative estimate of drug-likeness (QED) is 0.728. The Morgan fingerprint density at radius 3 is 2.60 bits per heavy atom. The number of rotatable bonds is 8. The van der Waals surface area contributed by atoms with Gasteiger partial charge in [0.25, 0.3) is 0 Å². The van der Waals surface area contributed by atoms with Gasteiger partial charge in [-0.3, -0.25) is 0 Å². The molecule has 20 heavy (non-hydrogen) atoms. The van der Waals surface area contributed by atoms with E-state index in [1.165, 1.54) is 0 Å². The first-order chi connectivity index (χ1) is 9.27. The maximum atomic E-state index is 12.2. The molecule has 6 nitrogen and oxygen atoms in total. The van der Waals surface area contributed by atoms with E-state index in [0.717, 1.165) is 12.2 Å². The van der Waals surface area contributed by atoms with Crippen LogP contribution < -0.4 is 10.0 Å². The Kier molecular flexibility index (Phi) is 6.19. The molecule has 1 atom stereocenters.